The number of amides is 1. The predicted molar refractivity (Wildman–Crippen MR) is 118 cm³/mol. The summed E-state index contributed by atoms with van der Waals surface area (Å²) >= 11 is 0. The van der Waals surface area contributed by atoms with Gasteiger partial charge in [-0.2, -0.15) is 0 Å². The number of ether oxygens (including phenoxy) is 1. The molecule has 1 aromatic heterocycles. The number of rotatable bonds is 9. The van der Waals surface area contributed by atoms with Crippen LogP contribution in [0.2, 0.25) is 0 Å². The Morgan fingerprint density at radius 3 is 2.73 bits per heavy atom. The standard InChI is InChI=1S/C24H27N3O3/c1-3-20-15-27(17-25-20)22-11-9-19(14-23(22)30-2)10-12-24(29)26-21(16-28)13-18-7-5-4-6-8-18/h4-12,14-15,17,21,28H,3,13,16H2,1-2H3,(H,26,29)/b12-10+/t21-/m0/s1. The van der Waals surface area contributed by atoms with Gasteiger partial charge in [-0.05, 0) is 42.2 Å². The zero-order valence-electron chi connectivity index (χ0n) is 17.3. The lowest BCUT2D eigenvalue weighted by Crippen LogP contribution is -2.38. The van der Waals surface area contributed by atoms with Crippen molar-refractivity contribution in [2.45, 2.75) is 25.8 Å². The van der Waals surface area contributed by atoms with Gasteiger partial charge < -0.3 is 19.7 Å². The Morgan fingerprint density at radius 2 is 2.07 bits per heavy atom. The molecule has 0 unspecified atom stereocenters. The first-order valence-corrected chi connectivity index (χ1v) is 9.97. The second-order valence-electron chi connectivity index (χ2n) is 6.97. The number of aliphatic hydroxyl groups is 1. The van der Waals surface area contributed by atoms with Gasteiger partial charge in [-0.1, -0.05) is 43.3 Å². The third kappa shape index (κ3) is 5.58. The van der Waals surface area contributed by atoms with E-state index in [0.29, 0.717) is 12.2 Å². The quantitative estimate of drug-likeness (QED) is 0.536. The maximum atomic E-state index is 12.3. The van der Waals surface area contributed by atoms with Crippen LogP contribution in [-0.2, 0) is 17.6 Å². The molecule has 2 N–H and O–H groups in total. The molecule has 1 atom stereocenters. The van der Waals surface area contributed by atoms with Gasteiger partial charge in [0.25, 0.3) is 0 Å². The number of aryl methyl sites for hydroxylation is 1. The highest BCUT2D eigenvalue weighted by Crippen LogP contribution is 2.25. The molecule has 0 fully saturated rings. The summed E-state index contributed by atoms with van der Waals surface area (Å²) in [7, 11) is 1.62. The average Bonchev–Trinajstić information content (AvgIpc) is 3.27. The molecule has 0 bridgehead atoms. The number of methoxy groups -OCH3 is 1. The van der Waals surface area contributed by atoms with Crippen molar-refractivity contribution < 1.29 is 14.6 Å². The van der Waals surface area contributed by atoms with Crippen molar-refractivity contribution in [3.63, 3.8) is 0 Å². The van der Waals surface area contributed by atoms with Crippen LogP contribution in [-0.4, -0.2) is 40.3 Å². The molecule has 0 saturated carbocycles. The molecule has 0 aliphatic carbocycles. The van der Waals surface area contributed by atoms with Gasteiger partial charge in [-0.25, -0.2) is 4.98 Å². The molecule has 3 rings (SSSR count). The number of carbonyl (C=O) groups excluding carboxylic acids is 1. The molecule has 0 spiro atoms. The SMILES string of the molecule is CCc1cn(-c2ccc(/C=C/C(=O)N[C@H](CO)Cc3ccccc3)cc2OC)cn1. The summed E-state index contributed by atoms with van der Waals surface area (Å²) in [5, 5.41) is 12.4. The van der Waals surface area contributed by atoms with Crippen LogP contribution in [0.1, 0.15) is 23.7 Å². The summed E-state index contributed by atoms with van der Waals surface area (Å²) < 4.78 is 7.45. The lowest BCUT2D eigenvalue weighted by Gasteiger charge is -2.15. The second kappa shape index (κ2) is 10.4. The summed E-state index contributed by atoms with van der Waals surface area (Å²) in [6, 6.07) is 15.2. The Morgan fingerprint density at radius 1 is 1.27 bits per heavy atom. The molecular weight excluding hydrogens is 378 g/mol. The van der Waals surface area contributed by atoms with Crippen LogP contribution < -0.4 is 10.1 Å². The van der Waals surface area contributed by atoms with E-state index in [2.05, 4.69) is 17.2 Å². The highest BCUT2D eigenvalue weighted by molar-refractivity contribution is 5.92. The van der Waals surface area contributed by atoms with Crippen molar-refractivity contribution >= 4 is 12.0 Å². The Bertz CT molecular complexity index is 996. The molecule has 156 valence electrons. The molecule has 2 aromatic carbocycles. The van der Waals surface area contributed by atoms with Gasteiger partial charge in [-0.15, -0.1) is 0 Å². The summed E-state index contributed by atoms with van der Waals surface area (Å²) in [5.74, 6) is 0.435. The molecule has 6 nitrogen and oxygen atoms in total. The molecule has 3 aromatic rings. The van der Waals surface area contributed by atoms with Gasteiger partial charge in [-0.3, -0.25) is 4.79 Å². The summed E-state index contributed by atoms with van der Waals surface area (Å²) in [4.78, 5) is 16.7. The molecule has 0 radical (unpaired) electrons. The van der Waals surface area contributed by atoms with Crippen LogP contribution in [0.4, 0.5) is 0 Å². The topological polar surface area (TPSA) is 76.4 Å². The van der Waals surface area contributed by atoms with Gasteiger partial charge in [0.2, 0.25) is 5.91 Å². The van der Waals surface area contributed by atoms with E-state index in [1.165, 1.54) is 6.08 Å². The Labute approximate surface area is 176 Å². The van der Waals surface area contributed by atoms with Gasteiger partial charge in [0.15, 0.2) is 0 Å². The number of nitrogens with one attached hydrogen (secondary N) is 1. The summed E-state index contributed by atoms with van der Waals surface area (Å²) in [6.45, 7) is 1.94. The number of hydrogen-bond acceptors (Lipinski definition) is 4. The van der Waals surface area contributed by atoms with Crippen LogP contribution in [0.15, 0.2) is 67.1 Å². The van der Waals surface area contributed by atoms with Gasteiger partial charge >= 0.3 is 0 Å². The zero-order valence-corrected chi connectivity index (χ0v) is 17.3. The van der Waals surface area contributed by atoms with Crippen molar-refractivity contribution in [1.29, 1.82) is 0 Å². The minimum atomic E-state index is -0.338. The van der Waals surface area contributed by atoms with E-state index in [9.17, 15) is 9.90 Å². The normalized spacial score (nSPS) is 12.1. The second-order valence-corrected chi connectivity index (χ2v) is 6.97. The number of hydrogen-bond donors (Lipinski definition) is 2. The largest absolute Gasteiger partial charge is 0.495 e. The van der Waals surface area contributed by atoms with Crippen molar-refractivity contribution in [2.24, 2.45) is 0 Å². The zero-order chi connectivity index (χ0) is 21.3. The molecule has 1 heterocycles. The maximum Gasteiger partial charge on any atom is 0.244 e. The van der Waals surface area contributed by atoms with Gasteiger partial charge in [0.1, 0.15) is 5.75 Å². The van der Waals surface area contributed by atoms with E-state index in [1.807, 2.05) is 59.3 Å². The fourth-order valence-corrected chi connectivity index (χ4v) is 3.17. The Balaban J connectivity index is 1.66. The first-order chi connectivity index (χ1) is 14.6. The van der Waals surface area contributed by atoms with Gasteiger partial charge in [0, 0.05) is 12.3 Å². The number of aliphatic hydroxyl groups excluding tert-OH is 1. The predicted octanol–water partition coefficient (Wildman–Crippen LogP) is 3.18. The van der Waals surface area contributed by atoms with Crippen molar-refractivity contribution in [1.82, 2.24) is 14.9 Å². The van der Waals surface area contributed by atoms with E-state index in [0.717, 1.165) is 28.9 Å². The maximum absolute atomic E-state index is 12.3. The number of benzene rings is 2. The molecule has 0 aliphatic heterocycles. The van der Waals surface area contributed by atoms with Crippen molar-refractivity contribution in [2.75, 3.05) is 13.7 Å². The molecule has 6 heteroatoms. The molecular formula is C24H27N3O3. The lowest BCUT2D eigenvalue weighted by atomic mass is 10.1. The summed E-state index contributed by atoms with van der Waals surface area (Å²) in [6.07, 6.45) is 8.37. The van der Waals surface area contributed by atoms with Crippen molar-refractivity contribution in [3.05, 3.63) is 84.0 Å². The van der Waals surface area contributed by atoms with E-state index in [4.69, 9.17) is 4.74 Å². The first-order valence-electron chi connectivity index (χ1n) is 9.97. The smallest absolute Gasteiger partial charge is 0.244 e. The number of nitrogens with zero attached hydrogens (tertiary/aromatic N) is 2. The highest BCUT2D eigenvalue weighted by Gasteiger charge is 2.11. The van der Waals surface area contributed by atoms with Crippen LogP contribution in [0.5, 0.6) is 5.75 Å². The molecule has 1 amide bonds. The van der Waals surface area contributed by atoms with Crippen LogP contribution in [0.3, 0.4) is 0 Å². The van der Waals surface area contributed by atoms with E-state index in [1.54, 1.807) is 19.5 Å². The fraction of sp³-hybridized carbons (Fsp3) is 0.250. The highest BCUT2D eigenvalue weighted by atomic mass is 16.5. The first kappa shape index (κ1) is 21.3. The fourth-order valence-electron chi connectivity index (χ4n) is 3.17. The van der Waals surface area contributed by atoms with Gasteiger partial charge in [0.05, 0.1) is 37.5 Å². The molecule has 0 aliphatic rings. The average molecular weight is 405 g/mol. The van der Waals surface area contributed by atoms with E-state index < -0.39 is 0 Å². The van der Waals surface area contributed by atoms with Crippen LogP contribution in [0, 0.1) is 0 Å². The van der Waals surface area contributed by atoms with Crippen LogP contribution in [0.25, 0.3) is 11.8 Å². The third-order valence-electron chi connectivity index (χ3n) is 4.80. The summed E-state index contributed by atoms with van der Waals surface area (Å²) in [5.41, 5.74) is 3.79. The molecule has 30 heavy (non-hydrogen) atoms. The minimum absolute atomic E-state index is 0.123. The number of aromatic nitrogens is 2. The number of imidazole rings is 1. The van der Waals surface area contributed by atoms with E-state index >= 15 is 0 Å². The third-order valence-corrected chi connectivity index (χ3v) is 4.80. The lowest BCUT2D eigenvalue weighted by molar-refractivity contribution is -0.117. The van der Waals surface area contributed by atoms with Crippen LogP contribution >= 0.6 is 0 Å². The monoisotopic (exact) mass is 405 g/mol. The Kier molecular flexibility index (Phi) is 7.40. The van der Waals surface area contributed by atoms with Crippen molar-refractivity contribution in [3.8, 4) is 11.4 Å². The van der Waals surface area contributed by atoms with E-state index in [-0.39, 0.29) is 18.6 Å². The Hall–Kier alpha value is -3.38. The minimum Gasteiger partial charge on any atom is -0.495 e. The molecule has 0 saturated heterocycles. The number of carbonyl (C=O) groups is 1.